The van der Waals surface area contributed by atoms with E-state index in [9.17, 15) is 71.7 Å². The van der Waals surface area contributed by atoms with E-state index in [2.05, 4.69) is 26.6 Å². The van der Waals surface area contributed by atoms with Crippen LogP contribution in [0, 0.1) is 10.1 Å². The lowest BCUT2D eigenvalue weighted by molar-refractivity contribution is -0.384. The Hall–Kier alpha value is -7.87. The van der Waals surface area contributed by atoms with Crippen LogP contribution in [0.1, 0.15) is 53.3 Å². The van der Waals surface area contributed by atoms with Crippen molar-refractivity contribution < 1.29 is 75.4 Å². The van der Waals surface area contributed by atoms with Gasteiger partial charge in [0.2, 0.25) is 5.91 Å². The van der Waals surface area contributed by atoms with E-state index < -0.39 is 90.5 Å². The van der Waals surface area contributed by atoms with Crippen LogP contribution < -0.4 is 37.3 Å². The van der Waals surface area contributed by atoms with Gasteiger partial charge in [-0.2, -0.15) is 13.2 Å². The van der Waals surface area contributed by atoms with Crippen molar-refractivity contribution in [3.63, 3.8) is 0 Å². The molecule has 0 saturated carbocycles. The molecule has 1 heterocycles. The Morgan fingerprint density at radius 2 is 1.48 bits per heavy atom. The molecule has 4 amide bonds. The molecule has 0 spiro atoms. The van der Waals surface area contributed by atoms with E-state index >= 15 is 0 Å². The van der Waals surface area contributed by atoms with Crippen molar-refractivity contribution in [2.75, 3.05) is 36.9 Å². The minimum absolute atomic E-state index is 0.0386. The highest BCUT2D eigenvalue weighted by molar-refractivity contribution is 7.80. The number of phenolic OH excluding ortho intramolecular Hbond substituents is 1. The summed E-state index contributed by atoms with van der Waals surface area (Å²) in [6.45, 7) is -0.709. The number of unbranched alkanes of at least 4 members (excludes halogenated alkanes) is 3. The van der Waals surface area contributed by atoms with Gasteiger partial charge in [0.1, 0.15) is 29.8 Å². The number of anilines is 2. The van der Waals surface area contributed by atoms with Crippen molar-refractivity contribution >= 4 is 106 Å². The summed E-state index contributed by atoms with van der Waals surface area (Å²) in [5.74, 6) is -5.04. The summed E-state index contributed by atoms with van der Waals surface area (Å²) < 4.78 is 68.5. The number of nitro groups is 1. The van der Waals surface area contributed by atoms with Crippen LogP contribution in [-0.4, -0.2) is 98.2 Å². The third-order valence-corrected chi connectivity index (χ3v) is 13.4. The molecule has 22 nitrogen and oxygen atoms in total. The molecule has 0 fully saturated rings. The Bertz CT molecular complexity index is 3320. The molecular weight excluding hydrogens is 1130 g/mol. The number of carbonyl (C=O) groups is 5. The first-order valence-electron chi connectivity index (χ1n) is 23.5. The van der Waals surface area contributed by atoms with Crippen molar-refractivity contribution in [3.05, 3.63) is 140 Å². The average Bonchev–Trinajstić information content (AvgIpc) is 3.58. The number of phenols is 1. The molecule has 2 aliphatic rings. The summed E-state index contributed by atoms with van der Waals surface area (Å²) in [5.41, 5.74) is 0.874. The summed E-state index contributed by atoms with van der Waals surface area (Å²) in [4.78, 5) is 94.2. The molecule has 4 aromatic rings. The third kappa shape index (κ3) is 17.6. The van der Waals surface area contributed by atoms with Gasteiger partial charge in [0.15, 0.2) is 15.4 Å². The van der Waals surface area contributed by atoms with E-state index in [1.165, 1.54) is 30.3 Å². The first-order chi connectivity index (χ1) is 37.4. The van der Waals surface area contributed by atoms with Crippen LogP contribution in [0.25, 0.3) is 33.4 Å². The number of carboxylic acid groups (broad SMARTS) is 1. The molecule has 0 bridgehead atoms. The fourth-order valence-corrected chi connectivity index (χ4v) is 9.47. The number of halogens is 5. The van der Waals surface area contributed by atoms with Crippen LogP contribution in [0.4, 0.5) is 35.0 Å². The number of aromatic carboxylic acids is 1. The quantitative estimate of drug-likeness (QED) is 0.00521. The van der Waals surface area contributed by atoms with Crippen LogP contribution in [-0.2, 0) is 34.4 Å². The number of rotatable bonds is 24. The number of fused-ring (bicyclic) bond motifs is 2. The zero-order chi connectivity index (χ0) is 57.6. The molecule has 3 atom stereocenters. The second-order valence-corrected chi connectivity index (χ2v) is 20.5. The Labute approximate surface area is 461 Å². The topological polar surface area (TPSA) is 327 Å². The van der Waals surface area contributed by atoms with Crippen LogP contribution >= 0.6 is 43.0 Å². The number of aromatic hydroxyl groups is 1. The second-order valence-electron chi connectivity index (χ2n) is 17.2. The molecule has 1 aliphatic carbocycles. The first kappa shape index (κ1) is 60.4. The number of nitro benzene ring substituents is 1. The lowest BCUT2D eigenvalue weighted by Gasteiger charge is -2.30. The molecule has 1 unspecified atom stereocenters. The zero-order valence-corrected chi connectivity index (χ0v) is 44.1. The van der Waals surface area contributed by atoms with Gasteiger partial charge < -0.3 is 56.2 Å². The van der Waals surface area contributed by atoms with Gasteiger partial charge in [0.25, 0.3) is 11.6 Å². The average molecular weight is 1180 g/mol. The van der Waals surface area contributed by atoms with Gasteiger partial charge in [0.05, 0.1) is 29.2 Å². The minimum Gasteiger partial charge on any atom is -0.508 e. The number of thiocarbonyl (C=S) groups is 1. The summed E-state index contributed by atoms with van der Waals surface area (Å²) in [7, 11) is -4.86. The maximum atomic E-state index is 13.6. The number of hydrogen-bond donors (Lipinski definition) is 9. The van der Waals surface area contributed by atoms with Crippen molar-refractivity contribution in [1.29, 1.82) is 0 Å². The van der Waals surface area contributed by atoms with Gasteiger partial charge in [-0.05, 0) is 102 Å². The molecule has 6 rings (SSSR count). The summed E-state index contributed by atoms with van der Waals surface area (Å²) in [6.07, 6.45) is -6.27. The SMILES string of the molecule is O=C(CNC(=O)OC[C@@H](NC(=O)C(Cl)Cl)[C@H](OP(=O)(O)Cc1ccc(NC(=O)C(F)(F)F)cc1)c1ccc([N+](=O)[O-])cc1)NCCCCCCNC(=S)Nc1ccc(-c2c3ccc(=O)cc-3oc3cc(O)ccc23)c(C(=O)O)c1. The van der Waals surface area contributed by atoms with Crippen LogP contribution in [0.15, 0.2) is 112 Å². The highest BCUT2D eigenvalue weighted by Crippen LogP contribution is 2.51. The van der Waals surface area contributed by atoms with Crippen LogP contribution in [0.2, 0.25) is 0 Å². The number of hydrogen-bond acceptors (Lipinski definition) is 14. The fraction of sp³-hybridized carbons (Fsp3) is 0.260. The number of alkyl halides is 5. The van der Waals surface area contributed by atoms with Crippen molar-refractivity contribution in [2.24, 2.45) is 0 Å². The zero-order valence-electron chi connectivity index (χ0n) is 40.8. The van der Waals surface area contributed by atoms with Crippen molar-refractivity contribution in [3.8, 4) is 28.2 Å². The van der Waals surface area contributed by atoms with Gasteiger partial charge in [0, 0.05) is 65.2 Å². The number of benzene rings is 5. The minimum atomic E-state index is -5.18. The predicted octanol–water partition coefficient (Wildman–Crippen LogP) is 8.50. The van der Waals surface area contributed by atoms with Gasteiger partial charge >= 0.3 is 31.7 Å². The van der Waals surface area contributed by atoms with E-state index in [0.29, 0.717) is 53.6 Å². The molecule has 1 aliphatic heterocycles. The van der Waals surface area contributed by atoms with Gasteiger partial charge in [-0.1, -0.05) is 54.2 Å². The molecular formula is C50H47Cl2F3N7O15PS. The maximum Gasteiger partial charge on any atom is 0.471 e. The molecule has 29 heteroatoms. The largest absolute Gasteiger partial charge is 0.508 e. The van der Waals surface area contributed by atoms with Crippen molar-refractivity contribution in [1.82, 2.24) is 21.3 Å². The molecule has 0 radical (unpaired) electrons. The molecule has 4 aromatic carbocycles. The predicted molar refractivity (Wildman–Crippen MR) is 287 cm³/mol. The summed E-state index contributed by atoms with van der Waals surface area (Å²) >= 11 is 17.0. The normalized spacial score (nSPS) is 12.9. The Morgan fingerprint density at radius 1 is 0.823 bits per heavy atom. The standard InChI is InChI=1S/C50H47Cl2F3N7O15PS/c51-44(52)45(66)61-38(43(28-7-12-31(13-8-28)62(71)72)77-78(73,74)26-27-5-9-29(10-6-27)59-47(69)50(53,54)55)25-75-49(70)58-24-41(65)56-19-3-1-2-4-20-57-48(79)60-30-11-16-34(37(21-30)46(67)68)42-35-17-14-32(63)22-39(35)76-40-23-33(64)15-18-36(40)42/h5-18,21-23,38,43-44,63H,1-4,19-20,24-26H2,(H,56,65)(H,58,70)(H,59,69)(H,61,66)(H,67,68)(H,73,74)(H2,57,60,79)/t38-,43-/m1/s1. The number of alkyl carbamates (subject to hydrolysis) is 1. The number of amides is 4. The highest BCUT2D eigenvalue weighted by Gasteiger charge is 2.39. The Balaban J connectivity index is 0.956. The first-order valence-corrected chi connectivity index (χ1v) is 26.5. The summed E-state index contributed by atoms with van der Waals surface area (Å²) in [5, 5.41) is 47.4. The molecule has 418 valence electrons. The molecule has 79 heavy (non-hydrogen) atoms. The van der Waals surface area contributed by atoms with Crippen molar-refractivity contribution in [2.45, 2.75) is 55.0 Å². The van der Waals surface area contributed by atoms with E-state index in [4.69, 9.17) is 49.1 Å². The second kappa shape index (κ2) is 27.1. The number of non-ortho nitro benzene ring substituents is 1. The third-order valence-electron chi connectivity index (χ3n) is 11.4. The van der Waals surface area contributed by atoms with E-state index in [0.717, 1.165) is 55.0 Å². The van der Waals surface area contributed by atoms with E-state index in [-0.39, 0.29) is 56.6 Å². The Kier molecular flexibility index (Phi) is 20.7. The lowest BCUT2D eigenvalue weighted by Crippen LogP contribution is -2.46. The van der Waals surface area contributed by atoms with Gasteiger partial charge in [-0.25, -0.2) is 9.59 Å². The highest BCUT2D eigenvalue weighted by atomic mass is 35.5. The molecule has 0 aromatic heterocycles. The smallest absolute Gasteiger partial charge is 0.471 e. The van der Waals surface area contributed by atoms with Crippen LogP contribution in [0.5, 0.6) is 5.75 Å². The number of ether oxygens (including phenoxy) is 1. The number of nitrogens with one attached hydrogen (secondary N) is 6. The number of carbonyl (C=O) groups excluding carboxylic acids is 4. The Morgan fingerprint density at radius 3 is 2.13 bits per heavy atom. The van der Waals surface area contributed by atoms with Gasteiger partial charge in [-0.3, -0.25) is 38.4 Å². The number of nitrogens with zero attached hydrogens (tertiary/aromatic N) is 1. The van der Waals surface area contributed by atoms with E-state index in [1.807, 2.05) is 0 Å². The summed E-state index contributed by atoms with van der Waals surface area (Å²) in [6, 6.07) is 20.3. The monoisotopic (exact) mass is 1180 g/mol. The number of carboxylic acids is 1. The van der Waals surface area contributed by atoms with Crippen LogP contribution in [0.3, 0.4) is 0 Å². The lowest BCUT2D eigenvalue weighted by atomic mass is 9.90. The van der Waals surface area contributed by atoms with Gasteiger partial charge in [-0.15, -0.1) is 0 Å². The maximum absolute atomic E-state index is 13.6. The fourth-order valence-electron chi connectivity index (χ4n) is 7.75. The molecule has 0 saturated heterocycles. The van der Waals surface area contributed by atoms with E-state index in [1.54, 1.807) is 29.6 Å². The molecule has 9 N–H and O–H groups in total.